The van der Waals surface area contributed by atoms with E-state index in [1.807, 2.05) is 41.1 Å². The number of piperidine rings is 1. The van der Waals surface area contributed by atoms with Gasteiger partial charge < -0.3 is 10.5 Å². The molecule has 2 N–H and O–H groups in total. The summed E-state index contributed by atoms with van der Waals surface area (Å²) in [6.45, 7) is 4.17. The average Bonchev–Trinajstić information content (AvgIpc) is 3.21. The number of aryl methyl sites for hydroxylation is 1. The molecule has 7 nitrogen and oxygen atoms in total. The highest BCUT2D eigenvalue weighted by Crippen LogP contribution is 2.35. The SMILES string of the molecule is CCCc1cccc(Oc2ccc(-c3nn(C4CCCN(P)C4)c4ncnc(N)c34)cc2)c1. The van der Waals surface area contributed by atoms with Gasteiger partial charge in [-0.2, -0.15) is 5.10 Å². The fourth-order valence-electron chi connectivity index (χ4n) is 4.51. The number of nitrogen functional groups attached to an aromatic ring is 1. The third-order valence-corrected chi connectivity index (χ3v) is 6.56. The lowest BCUT2D eigenvalue weighted by Gasteiger charge is -2.29. The van der Waals surface area contributed by atoms with Crippen molar-refractivity contribution in [3.63, 3.8) is 0 Å². The second-order valence-corrected chi connectivity index (χ2v) is 9.30. The molecule has 1 aliphatic heterocycles. The van der Waals surface area contributed by atoms with Gasteiger partial charge in [-0.25, -0.2) is 14.6 Å². The van der Waals surface area contributed by atoms with E-state index >= 15 is 0 Å². The molecular weight excluding hydrogens is 431 g/mol. The first-order valence-corrected chi connectivity index (χ1v) is 12.0. The number of fused-ring (bicyclic) bond motifs is 1. The number of benzene rings is 2. The summed E-state index contributed by atoms with van der Waals surface area (Å²) in [5.41, 5.74) is 10.1. The summed E-state index contributed by atoms with van der Waals surface area (Å²) >= 11 is 0. The van der Waals surface area contributed by atoms with E-state index in [1.54, 1.807) is 0 Å². The molecule has 5 rings (SSSR count). The number of anilines is 1. The molecule has 2 unspecified atom stereocenters. The predicted molar refractivity (Wildman–Crippen MR) is 135 cm³/mol. The monoisotopic (exact) mass is 460 g/mol. The Morgan fingerprint density at radius 1 is 1.12 bits per heavy atom. The molecule has 2 aromatic carbocycles. The number of nitrogens with two attached hydrogens (primary N) is 1. The quantitative estimate of drug-likeness (QED) is 0.396. The number of nitrogens with zero attached hydrogens (tertiary/aromatic N) is 5. The Hall–Kier alpha value is -3.02. The highest BCUT2D eigenvalue weighted by atomic mass is 31.0. The Labute approximate surface area is 196 Å². The smallest absolute Gasteiger partial charge is 0.164 e. The van der Waals surface area contributed by atoms with Crippen LogP contribution in [0.15, 0.2) is 54.9 Å². The fraction of sp³-hybridized carbons (Fsp3) is 0.320. The van der Waals surface area contributed by atoms with E-state index in [9.17, 15) is 0 Å². The molecule has 2 aromatic heterocycles. The van der Waals surface area contributed by atoms with Crippen LogP contribution in [0.1, 0.15) is 37.8 Å². The Balaban J connectivity index is 1.46. The molecule has 170 valence electrons. The highest BCUT2D eigenvalue weighted by molar-refractivity contribution is 7.13. The molecule has 0 amide bonds. The first-order valence-electron chi connectivity index (χ1n) is 11.5. The van der Waals surface area contributed by atoms with Crippen LogP contribution >= 0.6 is 9.39 Å². The van der Waals surface area contributed by atoms with E-state index in [0.717, 1.165) is 72.6 Å². The Bertz CT molecular complexity index is 1260. The van der Waals surface area contributed by atoms with E-state index < -0.39 is 0 Å². The van der Waals surface area contributed by atoms with Gasteiger partial charge in [-0.3, -0.25) is 4.67 Å². The van der Waals surface area contributed by atoms with Crippen LogP contribution in [0.25, 0.3) is 22.3 Å². The van der Waals surface area contributed by atoms with Crippen molar-refractivity contribution in [1.82, 2.24) is 24.4 Å². The molecule has 8 heteroatoms. The van der Waals surface area contributed by atoms with Crippen LogP contribution < -0.4 is 10.5 Å². The van der Waals surface area contributed by atoms with Crippen LogP contribution in [0.4, 0.5) is 5.82 Å². The van der Waals surface area contributed by atoms with Gasteiger partial charge in [0.2, 0.25) is 0 Å². The van der Waals surface area contributed by atoms with Crippen molar-refractivity contribution in [2.24, 2.45) is 0 Å². The zero-order valence-electron chi connectivity index (χ0n) is 18.8. The van der Waals surface area contributed by atoms with E-state index in [4.69, 9.17) is 15.6 Å². The molecule has 0 bridgehead atoms. The van der Waals surface area contributed by atoms with E-state index in [2.05, 4.69) is 43.1 Å². The summed E-state index contributed by atoms with van der Waals surface area (Å²) in [4.78, 5) is 8.78. The third kappa shape index (κ3) is 4.56. The van der Waals surface area contributed by atoms with Crippen LogP contribution in [-0.4, -0.2) is 37.5 Å². The molecule has 1 saturated heterocycles. The molecule has 3 heterocycles. The lowest BCUT2D eigenvalue weighted by molar-refractivity contribution is 0.273. The van der Waals surface area contributed by atoms with Gasteiger partial charge in [0.05, 0.1) is 11.4 Å². The molecule has 4 aromatic rings. The van der Waals surface area contributed by atoms with E-state index in [1.165, 1.54) is 11.9 Å². The van der Waals surface area contributed by atoms with Crippen molar-refractivity contribution >= 4 is 26.2 Å². The summed E-state index contributed by atoms with van der Waals surface area (Å²) in [6.07, 6.45) is 5.86. The van der Waals surface area contributed by atoms with E-state index in [-0.39, 0.29) is 6.04 Å². The zero-order valence-corrected chi connectivity index (χ0v) is 20.0. The Kier molecular flexibility index (Phi) is 6.25. The van der Waals surface area contributed by atoms with Crippen LogP contribution in [0, 0.1) is 0 Å². The first kappa shape index (κ1) is 21.8. The van der Waals surface area contributed by atoms with Gasteiger partial charge in [0.15, 0.2) is 5.65 Å². The molecular formula is C25H29N6OP. The predicted octanol–water partition coefficient (Wildman–Crippen LogP) is 5.25. The maximum Gasteiger partial charge on any atom is 0.164 e. The van der Waals surface area contributed by atoms with Gasteiger partial charge in [-0.1, -0.05) is 34.9 Å². The second-order valence-electron chi connectivity index (χ2n) is 8.57. The van der Waals surface area contributed by atoms with Crippen LogP contribution in [0.2, 0.25) is 0 Å². The largest absolute Gasteiger partial charge is 0.457 e. The summed E-state index contributed by atoms with van der Waals surface area (Å²) < 4.78 is 10.4. The van der Waals surface area contributed by atoms with Gasteiger partial charge in [0.25, 0.3) is 0 Å². The minimum absolute atomic E-state index is 0.250. The minimum atomic E-state index is 0.250. The molecule has 0 saturated carbocycles. The third-order valence-electron chi connectivity index (χ3n) is 6.09. The van der Waals surface area contributed by atoms with Crippen LogP contribution in [0.3, 0.4) is 0 Å². The lowest BCUT2D eigenvalue weighted by Crippen LogP contribution is -2.30. The van der Waals surface area contributed by atoms with Crippen molar-refractivity contribution in [2.45, 2.75) is 38.6 Å². The summed E-state index contributed by atoms with van der Waals surface area (Å²) in [7, 11) is 2.81. The maximum atomic E-state index is 6.29. The summed E-state index contributed by atoms with van der Waals surface area (Å²) in [5.74, 6) is 2.08. The van der Waals surface area contributed by atoms with Gasteiger partial charge >= 0.3 is 0 Å². The van der Waals surface area contributed by atoms with Gasteiger partial charge in [-0.15, -0.1) is 0 Å². The van der Waals surface area contributed by atoms with Gasteiger partial charge in [-0.05, 0) is 61.2 Å². The van der Waals surface area contributed by atoms with Crippen molar-refractivity contribution in [1.29, 1.82) is 0 Å². The minimum Gasteiger partial charge on any atom is -0.457 e. The average molecular weight is 461 g/mol. The van der Waals surface area contributed by atoms with Crippen molar-refractivity contribution in [3.05, 3.63) is 60.4 Å². The normalized spacial score (nSPS) is 16.8. The van der Waals surface area contributed by atoms with Gasteiger partial charge in [0, 0.05) is 18.7 Å². The zero-order chi connectivity index (χ0) is 22.8. The van der Waals surface area contributed by atoms with Crippen molar-refractivity contribution in [2.75, 3.05) is 18.8 Å². The molecule has 1 aliphatic rings. The van der Waals surface area contributed by atoms with E-state index in [0.29, 0.717) is 5.82 Å². The fourth-order valence-corrected chi connectivity index (χ4v) is 4.93. The van der Waals surface area contributed by atoms with Gasteiger partial charge in [0.1, 0.15) is 29.3 Å². The number of aromatic nitrogens is 4. The van der Waals surface area contributed by atoms with Crippen LogP contribution in [0.5, 0.6) is 11.5 Å². The standard InChI is InChI=1S/C25H29N6OP/c1-2-5-17-6-3-8-21(14-17)32-20-11-9-18(10-12-20)23-22-24(26)27-16-28-25(22)31(29-23)19-7-4-13-30(33)15-19/h3,6,8-12,14,16,19H,2,4-5,7,13,15,33H2,1H3,(H2,26,27,28). The molecule has 2 atom stereocenters. The summed E-state index contributed by atoms with van der Waals surface area (Å²) in [6, 6.07) is 16.5. The van der Waals surface area contributed by atoms with Crippen LogP contribution in [-0.2, 0) is 6.42 Å². The molecule has 0 spiro atoms. The topological polar surface area (TPSA) is 82.1 Å². The number of hydrogen-bond acceptors (Lipinski definition) is 6. The Morgan fingerprint density at radius 3 is 2.76 bits per heavy atom. The van der Waals surface area contributed by atoms with Crippen molar-refractivity contribution < 1.29 is 4.74 Å². The number of hydrogen-bond donors (Lipinski definition) is 1. The number of ether oxygens (including phenoxy) is 1. The van der Waals surface area contributed by atoms with Crippen molar-refractivity contribution in [3.8, 4) is 22.8 Å². The summed E-state index contributed by atoms with van der Waals surface area (Å²) in [5, 5.41) is 5.79. The molecule has 0 aliphatic carbocycles. The second kappa shape index (κ2) is 9.46. The molecule has 0 radical (unpaired) electrons. The highest BCUT2D eigenvalue weighted by Gasteiger charge is 2.25. The maximum absolute atomic E-state index is 6.29. The first-order chi connectivity index (χ1) is 16.1. The molecule has 1 fully saturated rings. The Morgan fingerprint density at radius 2 is 1.97 bits per heavy atom. The number of rotatable bonds is 6. The molecule has 33 heavy (non-hydrogen) atoms. The lowest BCUT2D eigenvalue weighted by atomic mass is 10.1.